The summed E-state index contributed by atoms with van der Waals surface area (Å²) in [4.78, 5) is 28.2. The fourth-order valence-electron chi connectivity index (χ4n) is 3.19. The second kappa shape index (κ2) is 11.7. The highest BCUT2D eigenvalue weighted by Crippen LogP contribution is 2.27. The first-order valence-corrected chi connectivity index (χ1v) is 13.1. The van der Waals surface area contributed by atoms with Gasteiger partial charge in [0.25, 0.3) is 0 Å². The standard InChI is InChI=1S/C24H31N5O4S2/c1-7-32-20(31)12-17-13-34-22(25-17)26-19(30)14-35-23-28-27-21(29(23)6)15(2)33-18-10-8-16(9-11-18)24(3,4)5/h8-11,13,15H,7,12,14H2,1-6H3,(H,25,26,30). The third kappa shape index (κ3) is 7.53. The number of rotatable bonds is 10. The van der Waals surface area contributed by atoms with Gasteiger partial charge >= 0.3 is 5.97 Å². The molecule has 2 heterocycles. The number of carbonyl (C=O) groups is 2. The molecular weight excluding hydrogens is 486 g/mol. The maximum atomic E-state index is 12.4. The molecule has 0 aliphatic carbocycles. The number of hydrogen-bond donors (Lipinski definition) is 1. The lowest BCUT2D eigenvalue weighted by Gasteiger charge is -2.20. The molecule has 35 heavy (non-hydrogen) atoms. The molecule has 0 fully saturated rings. The van der Waals surface area contributed by atoms with Crippen LogP contribution in [-0.2, 0) is 33.2 Å². The minimum absolute atomic E-state index is 0.0800. The van der Waals surface area contributed by atoms with Crippen molar-refractivity contribution in [3.63, 3.8) is 0 Å². The van der Waals surface area contributed by atoms with E-state index in [9.17, 15) is 9.59 Å². The van der Waals surface area contributed by atoms with Crippen LogP contribution in [-0.4, -0.2) is 44.0 Å². The summed E-state index contributed by atoms with van der Waals surface area (Å²) in [6.07, 6.45) is -0.234. The summed E-state index contributed by atoms with van der Waals surface area (Å²) in [6.45, 7) is 10.5. The van der Waals surface area contributed by atoms with Gasteiger partial charge in [-0.2, -0.15) is 0 Å². The Morgan fingerprint density at radius 3 is 2.57 bits per heavy atom. The first-order chi connectivity index (χ1) is 16.6. The van der Waals surface area contributed by atoms with Crippen LogP contribution >= 0.6 is 23.1 Å². The number of anilines is 1. The zero-order valence-electron chi connectivity index (χ0n) is 20.8. The van der Waals surface area contributed by atoms with Crippen molar-refractivity contribution in [1.29, 1.82) is 0 Å². The highest BCUT2D eigenvalue weighted by molar-refractivity contribution is 7.99. The highest BCUT2D eigenvalue weighted by atomic mass is 32.2. The first-order valence-electron chi connectivity index (χ1n) is 11.3. The lowest BCUT2D eigenvalue weighted by Crippen LogP contribution is -2.15. The van der Waals surface area contributed by atoms with Crippen LogP contribution in [0.3, 0.4) is 0 Å². The Balaban J connectivity index is 1.52. The van der Waals surface area contributed by atoms with Gasteiger partial charge < -0.3 is 19.4 Å². The van der Waals surface area contributed by atoms with Crippen molar-refractivity contribution in [2.75, 3.05) is 17.7 Å². The summed E-state index contributed by atoms with van der Waals surface area (Å²) in [5.41, 5.74) is 1.88. The van der Waals surface area contributed by atoms with E-state index in [0.717, 1.165) is 5.75 Å². The van der Waals surface area contributed by atoms with Crippen LogP contribution < -0.4 is 10.1 Å². The molecule has 1 amide bonds. The number of thioether (sulfide) groups is 1. The summed E-state index contributed by atoms with van der Waals surface area (Å²) < 4.78 is 12.8. The normalized spacial score (nSPS) is 12.3. The molecule has 0 spiro atoms. The molecule has 0 saturated heterocycles. The summed E-state index contributed by atoms with van der Waals surface area (Å²) in [6, 6.07) is 8.07. The second-order valence-corrected chi connectivity index (χ2v) is 10.7. The number of hydrogen-bond acceptors (Lipinski definition) is 9. The van der Waals surface area contributed by atoms with Gasteiger partial charge in [0, 0.05) is 12.4 Å². The van der Waals surface area contributed by atoms with E-state index in [2.05, 4.69) is 53.4 Å². The number of ether oxygens (including phenoxy) is 2. The Morgan fingerprint density at radius 2 is 1.91 bits per heavy atom. The Morgan fingerprint density at radius 1 is 1.20 bits per heavy atom. The van der Waals surface area contributed by atoms with Crippen LogP contribution in [0.15, 0.2) is 34.8 Å². The Bertz CT molecular complexity index is 1150. The van der Waals surface area contributed by atoms with Gasteiger partial charge in [0.05, 0.1) is 24.5 Å². The van der Waals surface area contributed by atoms with Gasteiger partial charge in [0.2, 0.25) is 5.91 Å². The highest BCUT2D eigenvalue weighted by Gasteiger charge is 2.19. The van der Waals surface area contributed by atoms with Crippen molar-refractivity contribution < 1.29 is 19.1 Å². The van der Waals surface area contributed by atoms with Crippen molar-refractivity contribution >= 4 is 40.1 Å². The van der Waals surface area contributed by atoms with E-state index in [1.165, 1.54) is 28.7 Å². The molecule has 3 aromatic rings. The molecule has 0 saturated carbocycles. The van der Waals surface area contributed by atoms with Gasteiger partial charge in [-0.25, -0.2) is 4.98 Å². The van der Waals surface area contributed by atoms with E-state index in [0.29, 0.717) is 28.4 Å². The van der Waals surface area contributed by atoms with E-state index < -0.39 is 0 Å². The van der Waals surface area contributed by atoms with Crippen LogP contribution in [0, 0.1) is 0 Å². The minimum Gasteiger partial charge on any atom is -0.483 e. The van der Waals surface area contributed by atoms with E-state index in [-0.39, 0.29) is 35.6 Å². The molecule has 1 atom stereocenters. The predicted octanol–water partition coefficient (Wildman–Crippen LogP) is 4.55. The van der Waals surface area contributed by atoms with E-state index >= 15 is 0 Å². The maximum Gasteiger partial charge on any atom is 0.311 e. The summed E-state index contributed by atoms with van der Waals surface area (Å²) in [5.74, 6) is 0.996. The average Bonchev–Trinajstić information content (AvgIpc) is 3.38. The molecule has 11 heteroatoms. The Kier molecular flexibility index (Phi) is 8.90. The molecule has 0 aliphatic heterocycles. The van der Waals surface area contributed by atoms with Gasteiger partial charge in [-0.05, 0) is 37.0 Å². The van der Waals surface area contributed by atoms with Gasteiger partial charge in [-0.1, -0.05) is 44.7 Å². The van der Waals surface area contributed by atoms with Crippen LogP contribution in [0.4, 0.5) is 5.13 Å². The first kappa shape index (κ1) is 26.7. The predicted molar refractivity (Wildman–Crippen MR) is 137 cm³/mol. The number of benzene rings is 1. The Hall–Kier alpha value is -2.92. The molecule has 3 rings (SSSR count). The SMILES string of the molecule is CCOC(=O)Cc1csc(NC(=O)CSc2nnc(C(C)Oc3ccc(C(C)(C)C)cc3)n2C)n1. The third-order valence-electron chi connectivity index (χ3n) is 5.03. The smallest absolute Gasteiger partial charge is 0.311 e. The molecule has 0 bridgehead atoms. The number of carbonyl (C=O) groups excluding carboxylic acids is 2. The lowest BCUT2D eigenvalue weighted by molar-refractivity contribution is -0.142. The average molecular weight is 518 g/mol. The van der Waals surface area contributed by atoms with Crippen LogP contribution in [0.25, 0.3) is 0 Å². The number of amides is 1. The largest absolute Gasteiger partial charge is 0.483 e. The van der Waals surface area contributed by atoms with Crippen LogP contribution in [0.2, 0.25) is 0 Å². The number of nitrogens with zero attached hydrogens (tertiary/aromatic N) is 4. The quantitative estimate of drug-likeness (QED) is 0.308. The van der Waals surface area contributed by atoms with Crippen LogP contribution in [0.1, 0.15) is 57.8 Å². The zero-order chi connectivity index (χ0) is 25.6. The van der Waals surface area contributed by atoms with Crippen molar-refractivity contribution in [1.82, 2.24) is 19.7 Å². The molecule has 1 unspecified atom stereocenters. The fraction of sp³-hybridized carbons (Fsp3) is 0.458. The Labute approximate surface area is 213 Å². The van der Waals surface area contributed by atoms with Crippen LogP contribution in [0.5, 0.6) is 5.75 Å². The molecule has 0 aliphatic rings. The molecule has 0 radical (unpaired) electrons. The second-order valence-electron chi connectivity index (χ2n) is 8.90. The van der Waals surface area contributed by atoms with Gasteiger partial charge in [-0.15, -0.1) is 21.5 Å². The fourth-order valence-corrected chi connectivity index (χ4v) is 4.63. The van der Waals surface area contributed by atoms with E-state index in [1.807, 2.05) is 30.7 Å². The minimum atomic E-state index is -0.343. The topological polar surface area (TPSA) is 108 Å². The zero-order valence-corrected chi connectivity index (χ0v) is 22.5. The number of nitrogens with one attached hydrogen (secondary N) is 1. The van der Waals surface area contributed by atoms with E-state index in [4.69, 9.17) is 9.47 Å². The number of thiazole rings is 1. The molecule has 1 N–H and O–H groups in total. The molecule has 1 aromatic carbocycles. The number of esters is 1. The van der Waals surface area contributed by atoms with Gasteiger partial charge in [-0.3, -0.25) is 9.59 Å². The molecule has 2 aromatic heterocycles. The van der Waals surface area contributed by atoms with Gasteiger partial charge in [0.1, 0.15) is 5.75 Å². The monoisotopic (exact) mass is 517 g/mol. The molecule has 188 valence electrons. The molecule has 9 nitrogen and oxygen atoms in total. The number of aromatic nitrogens is 4. The summed E-state index contributed by atoms with van der Waals surface area (Å²) in [7, 11) is 1.85. The van der Waals surface area contributed by atoms with Crippen molar-refractivity contribution in [2.24, 2.45) is 7.05 Å². The lowest BCUT2D eigenvalue weighted by atomic mass is 9.87. The summed E-state index contributed by atoms with van der Waals surface area (Å²) in [5, 5.41) is 14.0. The van der Waals surface area contributed by atoms with Crippen molar-refractivity contribution in [2.45, 2.75) is 57.7 Å². The maximum absolute atomic E-state index is 12.4. The third-order valence-corrected chi connectivity index (χ3v) is 6.85. The van der Waals surface area contributed by atoms with E-state index in [1.54, 1.807) is 12.3 Å². The van der Waals surface area contributed by atoms with Gasteiger partial charge in [0.15, 0.2) is 22.2 Å². The molecular formula is C24H31N5O4S2. The van der Waals surface area contributed by atoms with Crippen molar-refractivity contribution in [3.8, 4) is 5.75 Å². The van der Waals surface area contributed by atoms with Crippen molar-refractivity contribution in [3.05, 3.63) is 46.7 Å². The summed E-state index contributed by atoms with van der Waals surface area (Å²) >= 11 is 2.54.